The maximum atomic E-state index is 12.7. The summed E-state index contributed by atoms with van der Waals surface area (Å²) in [4.78, 5) is 0. The fraction of sp³-hybridized carbons (Fsp3) is 0.0714. The van der Waals surface area contributed by atoms with Gasteiger partial charge in [-0.25, -0.2) is 4.39 Å². The Labute approximate surface area is 98.6 Å². The summed E-state index contributed by atoms with van der Waals surface area (Å²) in [6.45, 7) is 0. The molecule has 0 spiro atoms. The molecule has 2 nitrogen and oxygen atoms in total. The Kier molecular flexibility index (Phi) is 3.17. The summed E-state index contributed by atoms with van der Waals surface area (Å²) < 4.78 is 12.7. The third-order valence-electron chi connectivity index (χ3n) is 2.54. The fourth-order valence-electron chi connectivity index (χ4n) is 1.58. The second-order valence-electron chi connectivity index (χ2n) is 3.69. The summed E-state index contributed by atoms with van der Waals surface area (Å²) >= 11 is 0. The Bertz CT molecular complexity index is 540. The van der Waals surface area contributed by atoms with Crippen molar-refractivity contribution in [3.63, 3.8) is 0 Å². The maximum Gasteiger partial charge on any atom is 0.123 e. The van der Waals surface area contributed by atoms with Gasteiger partial charge in [0.15, 0.2) is 0 Å². The molecule has 0 unspecified atom stereocenters. The number of rotatable bonds is 2. The van der Waals surface area contributed by atoms with Crippen LogP contribution in [0.15, 0.2) is 48.5 Å². The number of nitriles is 1. The normalized spacial score (nSPS) is 11.8. The molecule has 3 heteroatoms. The highest BCUT2D eigenvalue weighted by Gasteiger charge is 2.09. The predicted octanol–water partition coefficient (Wildman–Crippen LogP) is 2.78. The lowest BCUT2D eigenvalue weighted by Crippen LogP contribution is -1.99. The number of nitrogens with zero attached hydrogens (tertiary/aromatic N) is 1. The largest absolute Gasteiger partial charge is 0.384 e. The smallest absolute Gasteiger partial charge is 0.123 e. The van der Waals surface area contributed by atoms with E-state index in [9.17, 15) is 9.50 Å². The van der Waals surface area contributed by atoms with Crippen molar-refractivity contribution in [3.8, 4) is 6.07 Å². The van der Waals surface area contributed by atoms with E-state index >= 15 is 0 Å². The summed E-state index contributed by atoms with van der Waals surface area (Å²) in [5.41, 5.74) is 1.84. The highest BCUT2D eigenvalue weighted by Crippen LogP contribution is 2.22. The molecule has 1 atom stereocenters. The summed E-state index contributed by atoms with van der Waals surface area (Å²) in [6, 6.07) is 14.4. The van der Waals surface area contributed by atoms with Gasteiger partial charge in [-0.1, -0.05) is 24.3 Å². The van der Waals surface area contributed by atoms with Gasteiger partial charge in [-0.3, -0.25) is 0 Å². The zero-order valence-electron chi connectivity index (χ0n) is 8.97. The zero-order chi connectivity index (χ0) is 12.3. The number of benzene rings is 2. The van der Waals surface area contributed by atoms with Gasteiger partial charge in [-0.05, 0) is 35.4 Å². The minimum absolute atomic E-state index is 0.333. The van der Waals surface area contributed by atoms with Crippen LogP contribution in [0, 0.1) is 17.1 Å². The predicted molar refractivity (Wildman–Crippen MR) is 61.6 cm³/mol. The Hall–Kier alpha value is -2.18. The SMILES string of the molecule is N#Cc1ccc([C@H](O)c2ccc(F)cc2)cc1. The van der Waals surface area contributed by atoms with E-state index in [0.717, 1.165) is 0 Å². The van der Waals surface area contributed by atoms with Crippen LogP contribution >= 0.6 is 0 Å². The van der Waals surface area contributed by atoms with Gasteiger partial charge in [0.1, 0.15) is 11.9 Å². The Morgan fingerprint density at radius 2 is 1.41 bits per heavy atom. The number of aliphatic hydroxyl groups excluding tert-OH is 1. The summed E-state index contributed by atoms with van der Waals surface area (Å²) in [6.07, 6.45) is -0.802. The molecule has 0 saturated heterocycles. The van der Waals surface area contributed by atoms with E-state index in [1.165, 1.54) is 24.3 Å². The highest BCUT2D eigenvalue weighted by molar-refractivity contribution is 5.36. The van der Waals surface area contributed by atoms with E-state index in [1.807, 2.05) is 6.07 Å². The van der Waals surface area contributed by atoms with Crippen molar-refractivity contribution in [2.45, 2.75) is 6.10 Å². The number of halogens is 1. The summed E-state index contributed by atoms with van der Waals surface area (Å²) in [5.74, 6) is -0.333. The van der Waals surface area contributed by atoms with Crippen LogP contribution < -0.4 is 0 Å². The first-order valence-electron chi connectivity index (χ1n) is 5.14. The first-order chi connectivity index (χ1) is 8.20. The maximum absolute atomic E-state index is 12.7. The van der Waals surface area contributed by atoms with Gasteiger partial charge in [0.05, 0.1) is 11.6 Å². The van der Waals surface area contributed by atoms with E-state index in [1.54, 1.807) is 24.3 Å². The van der Waals surface area contributed by atoms with Crippen molar-refractivity contribution in [1.29, 1.82) is 5.26 Å². The molecule has 17 heavy (non-hydrogen) atoms. The van der Waals surface area contributed by atoms with E-state index in [2.05, 4.69) is 0 Å². The monoisotopic (exact) mass is 227 g/mol. The van der Waals surface area contributed by atoms with Crippen LogP contribution in [0.4, 0.5) is 4.39 Å². The molecule has 2 rings (SSSR count). The molecule has 0 amide bonds. The van der Waals surface area contributed by atoms with Crippen LogP contribution in [0.5, 0.6) is 0 Å². The van der Waals surface area contributed by atoms with Crippen LogP contribution in [0.1, 0.15) is 22.8 Å². The molecule has 0 aliphatic rings. The molecule has 0 fully saturated rings. The average molecular weight is 227 g/mol. The Morgan fingerprint density at radius 3 is 1.88 bits per heavy atom. The van der Waals surface area contributed by atoms with Gasteiger partial charge in [-0.2, -0.15) is 5.26 Å². The lowest BCUT2D eigenvalue weighted by molar-refractivity contribution is 0.220. The average Bonchev–Trinajstić information content (AvgIpc) is 2.39. The molecule has 2 aromatic rings. The first kappa shape index (κ1) is 11.3. The van der Waals surface area contributed by atoms with Crippen molar-refractivity contribution < 1.29 is 9.50 Å². The molecular weight excluding hydrogens is 217 g/mol. The van der Waals surface area contributed by atoms with Gasteiger partial charge in [-0.15, -0.1) is 0 Å². The van der Waals surface area contributed by atoms with Gasteiger partial charge < -0.3 is 5.11 Å². The summed E-state index contributed by atoms with van der Waals surface area (Å²) in [7, 11) is 0. The molecule has 0 saturated carbocycles. The van der Waals surface area contributed by atoms with Crippen molar-refractivity contribution in [3.05, 3.63) is 71.0 Å². The molecule has 0 aliphatic heterocycles. The van der Waals surface area contributed by atoms with Gasteiger partial charge in [0, 0.05) is 0 Å². The Balaban J connectivity index is 2.27. The third kappa shape index (κ3) is 2.49. The Morgan fingerprint density at radius 1 is 0.941 bits per heavy atom. The summed E-state index contributed by atoms with van der Waals surface area (Å²) in [5, 5.41) is 18.7. The zero-order valence-corrected chi connectivity index (χ0v) is 8.97. The van der Waals surface area contributed by atoms with E-state index in [-0.39, 0.29) is 5.82 Å². The van der Waals surface area contributed by atoms with Crippen molar-refractivity contribution >= 4 is 0 Å². The van der Waals surface area contributed by atoms with Gasteiger partial charge in [0.2, 0.25) is 0 Å². The van der Waals surface area contributed by atoms with Crippen molar-refractivity contribution in [1.82, 2.24) is 0 Å². The minimum Gasteiger partial charge on any atom is -0.384 e. The molecule has 0 heterocycles. The standard InChI is InChI=1S/C14H10FNO/c15-13-7-5-12(6-8-13)14(17)11-3-1-10(9-16)2-4-11/h1-8,14,17H/t14-/m0/s1. The molecule has 0 aliphatic carbocycles. The van der Waals surface area contributed by atoms with Crippen LogP contribution in [0.25, 0.3) is 0 Å². The highest BCUT2D eigenvalue weighted by atomic mass is 19.1. The number of hydrogen-bond donors (Lipinski definition) is 1. The fourth-order valence-corrected chi connectivity index (χ4v) is 1.58. The lowest BCUT2D eigenvalue weighted by atomic mass is 10.0. The first-order valence-corrected chi connectivity index (χ1v) is 5.14. The van der Waals surface area contributed by atoms with E-state index in [4.69, 9.17) is 5.26 Å². The van der Waals surface area contributed by atoms with Gasteiger partial charge in [0.25, 0.3) is 0 Å². The molecule has 0 bridgehead atoms. The second-order valence-corrected chi connectivity index (χ2v) is 3.69. The third-order valence-corrected chi connectivity index (χ3v) is 2.54. The van der Waals surface area contributed by atoms with Crippen LogP contribution in [-0.2, 0) is 0 Å². The molecular formula is C14H10FNO. The van der Waals surface area contributed by atoms with E-state index in [0.29, 0.717) is 16.7 Å². The number of aliphatic hydroxyl groups is 1. The topological polar surface area (TPSA) is 44.0 Å². The molecule has 0 radical (unpaired) electrons. The van der Waals surface area contributed by atoms with Crippen LogP contribution in [0.3, 0.4) is 0 Å². The quantitative estimate of drug-likeness (QED) is 0.857. The lowest BCUT2D eigenvalue weighted by Gasteiger charge is -2.11. The number of hydrogen-bond acceptors (Lipinski definition) is 2. The molecule has 84 valence electrons. The molecule has 1 N–H and O–H groups in total. The second kappa shape index (κ2) is 4.77. The molecule has 0 aromatic heterocycles. The van der Waals surface area contributed by atoms with Gasteiger partial charge >= 0.3 is 0 Å². The van der Waals surface area contributed by atoms with Crippen molar-refractivity contribution in [2.75, 3.05) is 0 Å². The van der Waals surface area contributed by atoms with Crippen molar-refractivity contribution in [2.24, 2.45) is 0 Å². The van der Waals surface area contributed by atoms with Crippen LogP contribution in [-0.4, -0.2) is 5.11 Å². The van der Waals surface area contributed by atoms with Crippen LogP contribution in [0.2, 0.25) is 0 Å². The minimum atomic E-state index is -0.802. The molecule has 2 aromatic carbocycles. The van der Waals surface area contributed by atoms with E-state index < -0.39 is 6.10 Å².